The molecule has 0 aromatic heterocycles. The van der Waals surface area contributed by atoms with Crippen molar-refractivity contribution in [2.45, 2.75) is 40.2 Å². The van der Waals surface area contributed by atoms with Crippen molar-refractivity contribution in [1.82, 2.24) is 5.32 Å². The Morgan fingerprint density at radius 1 is 1.22 bits per heavy atom. The molecule has 0 aliphatic carbocycles. The zero-order valence-corrected chi connectivity index (χ0v) is 11.8. The first-order chi connectivity index (χ1) is 8.45. The van der Waals surface area contributed by atoms with Gasteiger partial charge in [-0.15, -0.1) is 0 Å². The Labute approximate surface area is 109 Å². The first-order valence-corrected chi connectivity index (χ1v) is 6.56. The summed E-state index contributed by atoms with van der Waals surface area (Å²) in [7, 11) is 0. The van der Waals surface area contributed by atoms with E-state index in [1.54, 1.807) is 13.8 Å². The molecule has 0 amide bonds. The van der Waals surface area contributed by atoms with Gasteiger partial charge in [-0.3, -0.25) is 0 Å². The maximum Gasteiger partial charge on any atom is 0.129 e. The Kier molecular flexibility index (Phi) is 5.76. The van der Waals surface area contributed by atoms with Gasteiger partial charge in [0.2, 0.25) is 0 Å². The minimum atomic E-state index is -0.111. The molecule has 3 heteroatoms. The van der Waals surface area contributed by atoms with Crippen molar-refractivity contribution in [2.75, 3.05) is 13.2 Å². The maximum atomic E-state index is 13.5. The minimum absolute atomic E-state index is 0.111. The van der Waals surface area contributed by atoms with E-state index < -0.39 is 0 Å². The lowest BCUT2D eigenvalue weighted by Gasteiger charge is -2.19. The second-order valence-corrected chi connectivity index (χ2v) is 5.22. The molecule has 1 aromatic carbocycles. The average molecular weight is 253 g/mol. The highest BCUT2D eigenvalue weighted by Crippen LogP contribution is 2.20. The maximum absolute atomic E-state index is 13.5. The third kappa shape index (κ3) is 4.07. The lowest BCUT2D eigenvalue weighted by atomic mass is 10.0. The Bertz CT molecular complexity index is 369. The van der Waals surface area contributed by atoms with Crippen LogP contribution in [-0.2, 0) is 0 Å². The molecule has 2 unspecified atom stereocenters. The molecular formula is C15H24FNO. The molecule has 0 aliphatic rings. The second-order valence-electron chi connectivity index (χ2n) is 5.22. The van der Waals surface area contributed by atoms with Gasteiger partial charge >= 0.3 is 0 Å². The summed E-state index contributed by atoms with van der Waals surface area (Å²) in [6.07, 6.45) is 0.807. The monoisotopic (exact) mass is 253 g/mol. The van der Waals surface area contributed by atoms with Crippen LogP contribution in [-0.4, -0.2) is 18.3 Å². The van der Waals surface area contributed by atoms with Crippen molar-refractivity contribution in [1.29, 1.82) is 0 Å². The van der Waals surface area contributed by atoms with Crippen LogP contribution in [0.15, 0.2) is 12.1 Å². The smallest absolute Gasteiger partial charge is 0.129 e. The highest BCUT2D eigenvalue weighted by atomic mass is 19.1. The van der Waals surface area contributed by atoms with Crippen molar-refractivity contribution in [3.63, 3.8) is 0 Å². The van der Waals surface area contributed by atoms with Crippen molar-refractivity contribution < 1.29 is 9.50 Å². The zero-order valence-electron chi connectivity index (χ0n) is 11.8. The van der Waals surface area contributed by atoms with E-state index in [0.29, 0.717) is 17.0 Å². The second kappa shape index (κ2) is 6.86. The SMILES string of the molecule is Cc1cc(C(C)NCC(C)CCO)cc(C)c1F. The van der Waals surface area contributed by atoms with E-state index >= 15 is 0 Å². The van der Waals surface area contributed by atoms with Crippen LogP contribution in [0, 0.1) is 25.6 Å². The Balaban J connectivity index is 2.64. The molecule has 1 aromatic rings. The molecule has 0 aliphatic heterocycles. The summed E-state index contributed by atoms with van der Waals surface area (Å²) in [5, 5.41) is 12.3. The van der Waals surface area contributed by atoms with Gasteiger partial charge in [-0.25, -0.2) is 4.39 Å². The molecule has 2 nitrogen and oxygen atoms in total. The number of aliphatic hydroxyl groups is 1. The molecule has 0 saturated carbocycles. The summed E-state index contributed by atoms with van der Waals surface area (Å²) >= 11 is 0. The average Bonchev–Trinajstić information content (AvgIpc) is 2.32. The van der Waals surface area contributed by atoms with E-state index in [4.69, 9.17) is 5.11 Å². The molecule has 0 radical (unpaired) electrons. The number of hydrogen-bond donors (Lipinski definition) is 2. The van der Waals surface area contributed by atoms with Gasteiger partial charge in [0.15, 0.2) is 0 Å². The van der Waals surface area contributed by atoms with Gasteiger partial charge in [0, 0.05) is 12.6 Å². The lowest BCUT2D eigenvalue weighted by molar-refractivity contribution is 0.258. The van der Waals surface area contributed by atoms with Crippen molar-refractivity contribution >= 4 is 0 Å². The largest absolute Gasteiger partial charge is 0.396 e. The Morgan fingerprint density at radius 3 is 2.28 bits per heavy atom. The third-order valence-corrected chi connectivity index (χ3v) is 3.35. The van der Waals surface area contributed by atoms with Crippen molar-refractivity contribution in [2.24, 2.45) is 5.92 Å². The molecular weight excluding hydrogens is 229 g/mol. The molecule has 1 rings (SSSR count). The van der Waals surface area contributed by atoms with Crippen LogP contribution in [0.3, 0.4) is 0 Å². The van der Waals surface area contributed by atoms with Gasteiger partial charge in [0.25, 0.3) is 0 Å². The quantitative estimate of drug-likeness (QED) is 0.816. The van der Waals surface area contributed by atoms with Gasteiger partial charge < -0.3 is 10.4 Å². The van der Waals surface area contributed by atoms with Crippen LogP contribution >= 0.6 is 0 Å². The van der Waals surface area contributed by atoms with Crippen molar-refractivity contribution in [3.8, 4) is 0 Å². The summed E-state index contributed by atoms with van der Waals surface area (Å²) in [5.41, 5.74) is 2.51. The van der Waals surface area contributed by atoms with Crippen LogP contribution in [0.1, 0.15) is 43.0 Å². The van der Waals surface area contributed by atoms with E-state index in [1.165, 1.54) is 0 Å². The summed E-state index contributed by atoms with van der Waals surface area (Å²) < 4.78 is 13.5. The summed E-state index contributed by atoms with van der Waals surface area (Å²) in [6.45, 7) is 8.87. The minimum Gasteiger partial charge on any atom is -0.396 e. The molecule has 0 saturated heterocycles. The molecule has 102 valence electrons. The number of aryl methyl sites for hydroxylation is 2. The number of aliphatic hydroxyl groups excluding tert-OH is 1. The first-order valence-electron chi connectivity index (χ1n) is 6.56. The third-order valence-electron chi connectivity index (χ3n) is 3.35. The first kappa shape index (κ1) is 15.1. The van der Waals surface area contributed by atoms with Gasteiger partial charge in [-0.05, 0) is 56.3 Å². The standard InChI is InChI=1S/C15H24FNO/c1-10(5-6-18)9-17-13(4)14-7-11(2)15(16)12(3)8-14/h7-8,10,13,17-18H,5-6,9H2,1-4H3. The van der Waals surface area contributed by atoms with Gasteiger partial charge in [0.05, 0.1) is 0 Å². The van der Waals surface area contributed by atoms with Gasteiger partial charge in [-0.1, -0.05) is 19.1 Å². The number of benzene rings is 1. The zero-order chi connectivity index (χ0) is 13.7. The topological polar surface area (TPSA) is 32.3 Å². The number of nitrogens with one attached hydrogen (secondary N) is 1. The van der Waals surface area contributed by atoms with Crippen LogP contribution in [0.2, 0.25) is 0 Å². The van der Waals surface area contributed by atoms with Crippen molar-refractivity contribution in [3.05, 3.63) is 34.6 Å². The molecule has 0 fully saturated rings. The van der Waals surface area contributed by atoms with E-state index in [1.807, 2.05) is 12.1 Å². The molecule has 0 bridgehead atoms. The van der Waals surface area contributed by atoms with Crippen LogP contribution < -0.4 is 5.32 Å². The van der Waals surface area contributed by atoms with Crippen LogP contribution in [0.5, 0.6) is 0 Å². The van der Waals surface area contributed by atoms with E-state index in [0.717, 1.165) is 18.5 Å². The summed E-state index contributed by atoms with van der Waals surface area (Å²) in [4.78, 5) is 0. The molecule has 0 heterocycles. The number of rotatable bonds is 6. The summed E-state index contributed by atoms with van der Waals surface area (Å²) in [6, 6.07) is 4.00. The highest BCUT2D eigenvalue weighted by molar-refractivity contribution is 5.32. The summed E-state index contributed by atoms with van der Waals surface area (Å²) in [5.74, 6) is 0.333. The van der Waals surface area contributed by atoms with Gasteiger partial charge in [-0.2, -0.15) is 0 Å². The normalized spacial score (nSPS) is 14.6. The number of hydrogen-bond acceptors (Lipinski definition) is 2. The number of halogens is 1. The fourth-order valence-corrected chi connectivity index (χ4v) is 2.05. The Morgan fingerprint density at radius 2 is 1.78 bits per heavy atom. The predicted molar refractivity (Wildman–Crippen MR) is 73.2 cm³/mol. The highest BCUT2D eigenvalue weighted by Gasteiger charge is 2.11. The van der Waals surface area contributed by atoms with E-state index in [9.17, 15) is 4.39 Å². The van der Waals surface area contributed by atoms with Crippen LogP contribution in [0.25, 0.3) is 0 Å². The van der Waals surface area contributed by atoms with Gasteiger partial charge in [0.1, 0.15) is 5.82 Å². The molecule has 18 heavy (non-hydrogen) atoms. The fraction of sp³-hybridized carbons (Fsp3) is 0.600. The molecule has 2 N–H and O–H groups in total. The van der Waals surface area contributed by atoms with Crippen LogP contribution in [0.4, 0.5) is 4.39 Å². The molecule has 0 spiro atoms. The lowest BCUT2D eigenvalue weighted by Crippen LogP contribution is -2.25. The van der Waals surface area contributed by atoms with E-state index in [-0.39, 0.29) is 18.5 Å². The Hall–Kier alpha value is -0.930. The fourth-order valence-electron chi connectivity index (χ4n) is 2.05. The molecule has 2 atom stereocenters. The van der Waals surface area contributed by atoms with E-state index in [2.05, 4.69) is 19.2 Å². The predicted octanol–water partition coefficient (Wildman–Crippen LogP) is 3.11.